The molecule has 0 aliphatic carbocycles. The van der Waals surface area contributed by atoms with E-state index in [0.29, 0.717) is 18.8 Å². The third-order valence-corrected chi connectivity index (χ3v) is 5.06. The highest BCUT2D eigenvalue weighted by atomic mass is 19.1. The standard InChI is InChI=1S/C21H24FNO3/c1-26-20-8-2-15(14-19(20)22)3-9-21(25)23-12-10-17(11-13-23)16-4-6-18(24)7-5-16/h2,4-8,14,17,24H,3,9-13H2,1H3. The van der Waals surface area contributed by atoms with Gasteiger partial charge in [0.05, 0.1) is 7.11 Å². The van der Waals surface area contributed by atoms with Gasteiger partial charge in [-0.2, -0.15) is 0 Å². The Balaban J connectivity index is 1.49. The number of piperidine rings is 1. The van der Waals surface area contributed by atoms with Crippen molar-refractivity contribution in [2.24, 2.45) is 0 Å². The van der Waals surface area contributed by atoms with E-state index in [2.05, 4.69) is 0 Å². The number of aromatic hydroxyl groups is 1. The SMILES string of the molecule is COc1ccc(CCC(=O)N2CCC(c3ccc(O)cc3)CC2)cc1F. The van der Waals surface area contributed by atoms with Gasteiger partial charge in [0, 0.05) is 19.5 Å². The number of hydrogen-bond donors (Lipinski definition) is 1. The molecule has 138 valence electrons. The molecule has 0 bridgehead atoms. The smallest absolute Gasteiger partial charge is 0.222 e. The molecule has 2 aromatic carbocycles. The number of carbonyl (C=O) groups is 1. The van der Waals surface area contributed by atoms with Crippen LogP contribution in [0.15, 0.2) is 42.5 Å². The molecule has 4 nitrogen and oxygen atoms in total. The van der Waals surface area contributed by atoms with Gasteiger partial charge >= 0.3 is 0 Å². The molecule has 3 rings (SSSR count). The van der Waals surface area contributed by atoms with E-state index in [1.54, 1.807) is 24.3 Å². The van der Waals surface area contributed by atoms with Gasteiger partial charge in [-0.3, -0.25) is 4.79 Å². The van der Waals surface area contributed by atoms with E-state index in [4.69, 9.17) is 4.74 Å². The van der Waals surface area contributed by atoms with Crippen molar-refractivity contribution >= 4 is 5.91 Å². The van der Waals surface area contributed by atoms with Gasteiger partial charge in [-0.1, -0.05) is 18.2 Å². The van der Waals surface area contributed by atoms with Crippen molar-refractivity contribution < 1.29 is 19.0 Å². The van der Waals surface area contributed by atoms with Gasteiger partial charge in [0.15, 0.2) is 11.6 Å². The Bertz CT molecular complexity index is 752. The molecule has 1 fully saturated rings. The van der Waals surface area contributed by atoms with E-state index in [1.807, 2.05) is 17.0 Å². The molecule has 5 heteroatoms. The summed E-state index contributed by atoms with van der Waals surface area (Å²) in [5.41, 5.74) is 2.01. The predicted octanol–water partition coefficient (Wildman–Crippen LogP) is 3.88. The van der Waals surface area contributed by atoms with Crippen LogP contribution in [-0.2, 0) is 11.2 Å². The summed E-state index contributed by atoms with van der Waals surface area (Å²) >= 11 is 0. The number of phenolic OH excluding ortho intramolecular Hbond substituents is 1. The first kappa shape index (κ1) is 18.2. The molecule has 0 saturated carbocycles. The normalized spacial score (nSPS) is 15.1. The Labute approximate surface area is 153 Å². The van der Waals surface area contributed by atoms with Crippen molar-refractivity contribution in [3.63, 3.8) is 0 Å². The van der Waals surface area contributed by atoms with Crippen LogP contribution in [0.2, 0.25) is 0 Å². The quantitative estimate of drug-likeness (QED) is 0.883. The second-order valence-electron chi connectivity index (χ2n) is 6.72. The minimum absolute atomic E-state index is 0.116. The molecular formula is C21H24FNO3. The van der Waals surface area contributed by atoms with Crippen molar-refractivity contribution in [3.05, 3.63) is 59.4 Å². The van der Waals surface area contributed by atoms with Gasteiger partial charge in [-0.05, 0) is 60.6 Å². The van der Waals surface area contributed by atoms with Gasteiger partial charge in [0.25, 0.3) is 0 Å². The summed E-state index contributed by atoms with van der Waals surface area (Å²) in [7, 11) is 1.43. The number of amides is 1. The van der Waals surface area contributed by atoms with E-state index >= 15 is 0 Å². The summed E-state index contributed by atoms with van der Waals surface area (Å²) in [6.07, 6.45) is 2.76. The summed E-state index contributed by atoms with van der Waals surface area (Å²) in [6.45, 7) is 1.47. The van der Waals surface area contributed by atoms with Crippen molar-refractivity contribution in [1.29, 1.82) is 0 Å². The van der Waals surface area contributed by atoms with Crippen LogP contribution in [0.1, 0.15) is 36.3 Å². The number of rotatable bonds is 5. The third kappa shape index (κ3) is 4.34. The Morgan fingerprint density at radius 2 is 1.88 bits per heavy atom. The summed E-state index contributed by atoms with van der Waals surface area (Å²) in [5, 5.41) is 9.39. The van der Waals surface area contributed by atoms with Crippen LogP contribution in [0.5, 0.6) is 11.5 Å². The van der Waals surface area contributed by atoms with Crippen LogP contribution >= 0.6 is 0 Å². The van der Waals surface area contributed by atoms with Crippen molar-refractivity contribution in [3.8, 4) is 11.5 Å². The van der Waals surface area contributed by atoms with E-state index < -0.39 is 5.82 Å². The molecule has 1 heterocycles. The second kappa shape index (κ2) is 8.21. The van der Waals surface area contributed by atoms with Gasteiger partial charge in [-0.25, -0.2) is 4.39 Å². The maximum Gasteiger partial charge on any atom is 0.222 e. The fourth-order valence-corrected chi connectivity index (χ4v) is 3.48. The molecule has 1 saturated heterocycles. The van der Waals surface area contributed by atoms with Crippen LogP contribution in [0.4, 0.5) is 4.39 Å². The number of ether oxygens (including phenoxy) is 1. The molecule has 0 atom stereocenters. The largest absolute Gasteiger partial charge is 0.508 e. The highest BCUT2D eigenvalue weighted by molar-refractivity contribution is 5.76. The highest BCUT2D eigenvalue weighted by Crippen LogP contribution is 2.29. The molecule has 1 aliphatic heterocycles. The average molecular weight is 357 g/mol. The van der Waals surface area contributed by atoms with Crippen molar-refractivity contribution in [2.75, 3.05) is 20.2 Å². The molecule has 0 spiro atoms. The zero-order valence-corrected chi connectivity index (χ0v) is 15.0. The average Bonchev–Trinajstić information content (AvgIpc) is 2.67. The Morgan fingerprint density at radius 3 is 2.50 bits per heavy atom. The summed E-state index contributed by atoms with van der Waals surface area (Å²) in [6, 6.07) is 12.2. The lowest BCUT2D eigenvalue weighted by molar-refractivity contribution is -0.132. The van der Waals surface area contributed by atoms with E-state index in [9.17, 15) is 14.3 Å². The zero-order chi connectivity index (χ0) is 18.5. The molecule has 0 unspecified atom stereocenters. The zero-order valence-electron chi connectivity index (χ0n) is 15.0. The predicted molar refractivity (Wildman–Crippen MR) is 97.9 cm³/mol. The highest BCUT2D eigenvalue weighted by Gasteiger charge is 2.23. The lowest BCUT2D eigenvalue weighted by Crippen LogP contribution is -2.38. The number of hydrogen-bond acceptors (Lipinski definition) is 3. The molecule has 1 aliphatic rings. The number of halogens is 1. The minimum atomic E-state index is -0.396. The number of carbonyl (C=O) groups excluding carboxylic acids is 1. The van der Waals surface area contributed by atoms with Crippen LogP contribution < -0.4 is 4.74 Å². The molecule has 0 aromatic heterocycles. The lowest BCUT2D eigenvalue weighted by atomic mass is 9.89. The Morgan fingerprint density at radius 1 is 1.19 bits per heavy atom. The van der Waals surface area contributed by atoms with Gasteiger partial charge < -0.3 is 14.7 Å². The lowest BCUT2D eigenvalue weighted by Gasteiger charge is -2.32. The van der Waals surface area contributed by atoms with Gasteiger partial charge in [0.1, 0.15) is 5.75 Å². The van der Waals surface area contributed by atoms with Crippen LogP contribution in [0, 0.1) is 5.82 Å². The summed E-state index contributed by atoms with van der Waals surface area (Å²) in [5.74, 6) is 0.639. The molecule has 0 radical (unpaired) electrons. The topological polar surface area (TPSA) is 49.8 Å². The maximum atomic E-state index is 13.7. The Hall–Kier alpha value is -2.56. The second-order valence-corrected chi connectivity index (χ2v) is 6.72. The summed E-state index contributed by atoms with van der Waals surface area (Å²) < 4.78 is 18.6. The third-order valence-electron chi connectivity index (χ3n) is 5.06. The van der Waals surface area contributed by atoms with Gasteiger partial charge in [-0.15, -0.1) is 0 Å². The fraction of sp³-hybridized carbons (Fsp3) is 0.381. The fourth-order valence-electron chi connectivity index (χ4n) is 3.48. The number of likely N-dealkylation sites (tertiary alicyclic amines) is 1. The molecule has 26 heavy (non-hydrogen) atoms. The molecular weight excluding hydrogens is 333 g/mol. The first-order chi connectivity index (χ1) is 12.6. The van der Waals surface area contributed by atoms with Gasteiger partial charge in [0.2, 0.25) is 5.91 Å². The maximum absolute atomic E-state index is 13.7. The summed E-state index contributed by atoms with van der Waals surface area (Å²) in [4.78, 5) is 14.3. The first-order valence-electron chi connectivity index (χ1n) is 8.96. The minimum Gasteiger partial charge on any atom is -0.508 e. The number of phenols is 1. The number of benzene rings is 2. The van der Waals surface area contributed by atoms with E-state index in [1.165, 1.54) is 18.7 Å². The van der Waals surface area contributed by atoms with E-state index in [0.717, 1.165) is 31.5 Å². The van der Waals surface area contributed by atoms with E-state index in [-0.39, 0.29) is 17.4 Å². The number of nitrogens with zero attached hydrogens (tertiary/aromatic N) is 1. The first-order valence-corrected chi connectivity index (χ1v) is 8.96. The number of aryl methyl sites for hydroxylation is 1. The molecule has 1 amide bonds. The van der Waals surface area contributed by atoms with Crippen LogP contribution in [0.3, 0.4) is 0 Å². The molecule has 2 aromatic rings. The van der Waals surface area contributed by atoms with Crippen LogP contribution in [-0.4, -0.2) is 36.1 Å². The molecule has 1 N–H and O–H groups in total. The Kier molecular flexibility index (Phi) is 5.76. The van der Waals surface area contributed by atoms with Crippen molar-refractivity contribution in [1.82, 2.24) is 4.90 Å². The van der Waals surface area contributed by atoms with Crippen LogP contribution in [0.25, 0.3) is 0 Å². The van der Waals surface area contributed by atoms with Crippen molar-refractivity contribution in [2.45, 2.75) is 31.6 Å². The monoisotopic (exact) mass is 357 g/mol. The number of methoxy groups -OCH3 is 1.